The topological polar surface area (TPSA) is 84.5 Å². The molecule has 0 unspecified atom stereocenters. The molecule has 6 nitrogen and oxygen atoms in total. The third-order valence-corrected chi connectivity index (χ3v) is 3.16. The number of allylic oxidation sites excluding steroid dienone is 1. The Balaban J connectivity index is 2.71. The number of benzene rings is 1. The quantitative estimate of drug-likeness (QED) is 0.437. The molecule has 0 heterocycles. The number of anilines is 1. The van der Waals surface area contributed by atoms with Crippen LogP contribution >= 0.6 is 0 Å². The molecular weight excluding hydrogens is 296 g/mol. The maximum absolute atomic E-state index is 12.2. The summed E-state index contributed by atoms with van der Waals surface area (Å²) < 4.78 is 4.72. The molecule has 23 heavy (non-hydrogen) atoms. The van der Waals surface area contributed by atoms with Gasteiger partial charge in [-0.3, -0.25) is 9.59 Å². The van der Waals surface area contributed by atoms with Crippen LogP contribution in [0.15, 0.2) is 36.9 Å². The number of hydrogen-bond acceptors (Lipinski definition) is 4. The second-order valence-corrected chi connectivity index (χ2v) is 5.03. The minimum Gasteiger partial charge on any atom is -0.467 e. The minimum absolute atomic E-state index is 0.185. The first-order valence-electron chi connectivity index (χ1n) is 7.35. The van der Waals surface area contributed by atoms with E-state index in [2.05, 4.69) is 17.2 Å². The van der Waals surface area contributed by atoms with E-state index in [0.29, 0.717) is 17.7 Å². The molecule has 124 valence electrons. The minimum atomic E-state index is -0.692. The molecule has 0 bridgehead atoms. The molecule has 1 aromatic rings. The standard InChI is InChI=1S/C17H22N2O4/c1-4-5-6-7-15(17(22)23-3)19-16(21)13-8-10-14(11-9-13)18-12(2)20/h4,8-11,15H,1,5-7H2,2-3H3,(H,18,20)(H,19,21)/t15-/m1/s1. The van der Waals surface area contributed by atoms with E-state index in [4.69, 9.17) is 4.74 Å². The monoisotopic (exact) mass is 318 g/mol. The van der Waals surface area contributed by atoms with Gasteiger partial charge in [0.25, 0.3) is 5.91 Å². The predicted molar refractivity (Wildman–Crippen MR) is 88.1 cm³/mol. The molecule has 0 aliphatic heterocycles. The van der Waals surface area contributed by atoms with Crippen LogP contribution in [0.5, 0.6) is 0 Å². The molecule has 2 amide bonds. The summed E-state index contributed by atoms with van der Waals surface area (Å²) in [6, 6.07) is 5.72. The molecule has 0 fully saturated rings. The van der Waals surface area contributed by atoms with E-state index in [1.54, 1.807) is 30.3 Å². The van der Waals surface area contributed by atoms with E-state index in [1.165, 1.54) is 14.0 Å². The summed E-state index contributed by atoms with van der Waals surface area (Å²) in [5.74, 6) is -1.03. The fourth-order valence-corrected chi connectivity index (χ4v) is 2.01. The Labute approximate surface area is 135 Å². The van der Waals surface area contributed by atoms with Gasteiger partial charge in [-0.1, -0.05) is 6.08 Å². The Morgan fingerprint density at radius 1 is 1.26 bits per heavy atom. The SMILES string of the molecule is C=CCCC[C@@H](NC(=O)c1ccc(NC(C)=O)cc1)C(=O)OC. The number of amides is 2. The van der Waals surface area contributed by atoms with Gasteiger partial charge in [0, 0.05) is 18.2 Å². The number of unbranched alkanes of at least 4 members (excludes halogenated alkanes) is 1. The molecule has 0 radical (unpaired) electrons. The Bertz CT molecular complexity index is 566. The number of methoxy groups -OCH3 is 1. The normalized spacial score (nSPS) is 11.2. The Hall–Kier alpha value is -2.63. The first-order chi connectivity index (χ1) is 11.0. The fourth-order valence-electron chi connectivity index (χ4n) is 2.01. The number of rotatable bonds is 8. The van der Waals surface area contributed by atoms with Gasteiger partial charge < -0.3 is 15.4 Å². The lowest BCUT2D eigenvalue weighted by molar-refractivity contribution is -0.143. The van der Waals surface area contributed by atoms with E-state index >= 15 is 0 Å². The maximum atomic E-state index is 12.2. The van der Waals surface area contributed by atoms with Crippen LogP contribution < -0.4 is 10.6 Å². The van der Waals surface area contributed by atoms with E-state index in [1.807, 2.05) is 0 Å². The zero-order chi connectivity index (χ0) is 17.2. The van der Waals surface area contributed by atoms with Gasteiger partial charge in [0.2, 0.25) is 5.91 Å². The van der Waals surface area contributed by atoms with Gasteiger partial charge in [-0.2, -0.15) is 0 Å². The van der Waals surface area contributed by atoms with E-state index in [9.17, 15) is 14.4 Å². The van der Waals surface area contributed by atoms with Gasteiger partial charge in [0.05, 0.1) is 7.11 Å². The lowest BCUT2D eigenvalue weighted by Gasteiger charge is -2.16. The average molecular weight is 318 g/mol. The van der Waals surface area contributed by atoms with Gasteiger partial charge in [-0.15, -0.1) is 6.58 Å². The molecule has 0 aromatic heterocycles. The number of hydrogen-bond donors (Lipinski definition) is 2. The van der Waals surface area contributed by atoms with Crippen molar-refractivity contribution in [3.63, 3.8) is 0 Å². The Kier molecular flexibility index (Phi) is 7.53. The lowest BCUT2D eigenvalue weighted by atomic mass is 10.1. The zero-order valence-electron chi connectivity index (χ0n) is 13.4. The third kappa shape index (κ3) is 6.34. The van der Waals surface area contributed by atoms with Crippen LogP contribution in [-0.2, 0) is 14.3 Å². The fraction of sp³-hybridized carbons (Fsp3) is 0.353. The van der Waals surface area contributed by atoms with Crippen molar-refractivity contribution >= 4 is 23.5 Å². The number of carbonyl (C=O) groups is 3. The van der Waals surface area contributed by atoms with Crippen LogP contribution in [0.25, 0.3) is 0 Å². The van der Waals surface area contributed by atoms with Crippen LogP contribution in [0, 0.1) is 0 Å². The highest BCUT2D eigenvalue weighted by atomic mass is 16.5. The number of esters is 1. The molecule has 0 saturated heterocycles. The lowest BCUT2D eigenvalue weighted by Crippen LogP contribution is -2.41. The van der Waals surface area contributed by atoms with Crippen LogP contribution in [0.3, 0.4) is 0 Å². The summed E-state index contributed by atoms with van der Waals surface area (Å²) in [5.41, 5.74) is 1.00. The smallest absolute Gasteiger partial charge is 0.328 e. The maximum Gasteiger partial charge on any atom is 0.328 e. The summed E-state index contributed by atoms with van der Waals surface area (Å²) in [4.78, 5) is 34.9. The second-order valence-electron chi connectivity index (χ2n) is 5.03. The summed E-state index contributed by atoms with van der Waals surface area (Å²) in [6.07, 6.45) is 3.73. The van der Waals surface area contributed by atoms with Crippen molar-refractivity contribution < 1.29 is 19.1 Å². The van der Waals surface area contributed by atoms with Crippen molar-refractivity contribution in [1.29, 1.82) is 0 Å². The highest BCUT2D eigenvalue weighted by Crippen LogP contribution is 2.11. The summed E-state index contributed by atoms with van der Waals surface area (Å²) in [6.45, 7) is 5.03. The molecule has 0 aliphatic carbocycles. The van der Waals surface area contributed by atoms with E-state index in [0.717, 1.165) is 12.8 Å². The molecule has 1 rings (SSSR count). The van der Waals surface area contributed by atoms with Crippen LogP contribution in [0.1, 0.15) is 36.5 Å². The highest BCUT2D eigenvalue weighted by Gasteiger charge is 2.21. The third-order valence-electron chi connectivity index (χ3n) is 3.16. The zero-order valence-corrected chi connectivity index (χ0v) is 13.4. The summed E-state index contributed by atoms with van der Waals surface area (Å²) >= 11 is 0. The molecule has 6 heteroatoms. The van der Waals surface area contributed by atoms with Crippen molar-refractivity contribution in [2.24, 2.45) is 0 Å². The number of nitrogens with one attached hydrogen (secondary N) is 2. The molecule has 2 N–H and O–H groups in total. The van der Waals surface area contributed by atoms with Crippen molar-refractivity contribution in [2.45, 2.75) is 32.2 Å². The molecule has 0 spiro atoms. The molecule has 0 aliphatic rings. The second kappa shape index (κ2) is 9.40. The first-order valence-corrected chi connectivity index (χ1v) is 7.35. The van der Waals surface area contributed by atoms with Crippen LogP contribution in [-0.4, -0.2) is 30.9 Å². The molecule has 1 atom stereocenters. The van der Waals surface area contributed by atoms with Gasteiger partial charge in [0.15, 0.2) is 0 Å². The summed E-state index contributed by atoms with van der Waals surface area (Å²) in [5, 5.41) is 5.29. The molecule has 0 saturated carbocycles. The van der Waals surface area contributed by atoms with E-state index in [-0.39, 0.29) is 11.8 Å². The van der Waals surface area contributed by atoms with Crippen molar-refractivity contribution in [3.05, 3.63) is 42.5 Å². The van der Waals surface area contributed by atoms with Gasteiger partial charge in [-0.25, -0.2) is 4.79 Å². The van der Waals surface area contributed by atoms with E-state index < -0.39 is 12.0 Å². The summed E-state index contributed by atoms with van der Waals surface area (Å²) in [7, 11) is 1.29. The highest BCUT2D eigenvalue weighted by molar-refractivity contribution is 5.97. The predicted octanol–water partition coefficient (Wildman–Crippen LogP) is 2.27. The Morgan fingerprint density at radius 2 is 1.91 bits per heavy atom. The first kappa shape index (κ1) is 18.4. The van der Waals surface area contributed by atoms with Crippen molar-refractivity contribution in [2.75, 3.05) is 12.4 Å². The number of carbonyl (C=O) groups excluding carboxylic acids is 3. The van der Waals surface area contributed by atoms with Crippen LogP contribution in [0.4, 0.5) is 5.69 Å². The van der Waals surface area contributed by atoms with Crippen molar-refractivity contribution in [1.82, 2.24) is 5.32 Å². The largest absolute Gasteiger partial charge is 0.467 e. The molecule has 1 aromatic carbocycles. The molecular formula is C17H22N2O4. The van der Waals surface area contributed by atoms with Gasteiger partial charge >= 0.3 is 5.97 Å². The van der Waals surface area contributed by atoms with Gasteiger partial charge in [-0.05, 0) is 43.5 Å². The van der Waals surface area contributed by atoms with Crippen molar-refractivity contribution in [3.8, 4) is 0 Å². The number of ether oxygens (including phenoxy) is 1. The van der Waals surface area contributed by atoms with Gasteiger partial charge in [0.1, 0.15) is 6.04 Å². The van der Waals surface area contributed by atoms with Crippen LogP contribution in [0.2, 0.25) is 0 Å². The average Bonchev–Trinajstić information content (AvgIpc) is 2.53. The Morgan fingerprint density at radius 3 is 2.43 bits per heavy atom.